The Morgan fingerprint density at radius 1 is 1.53 bits per heavy atom. The molecule has 0 aliphatic heterocycles. The first kappa shape index (κ1) is 17.1. The number of rotatable bonds is 2. The van der Waals surface area contributed by atoms with Gasteiger partial charge in [-0.25, -0.2) is 0 Å². The Bertz CT molecular complexity index is 246. The summed E-state index contributed by atoms with van der Waals surface area (Å²) >= 11 is 0. The normalized spacial score (nSPS) is 13.2. The molecule has 1 aliphatic carbocycles. The predicted octanol–water partition coefficient (Wildman–Crippen LogP) is 2.80. The van der Waals surface area contributed by atoms with Crippen molar-refractivity contribution in [2.45, 2.75) is 40.2 Å². The molecule has 0 saturated carbocycles. The number of hydrogen-bond acceptors (Lipinski definition) is 2. The fourth-order valence-electron chi connectivity index (χ4n) is 0.941. The number of aliphatic hydroxyl groups is 1. The first-order valence-electron chi connectivity index (χ1n) is 4.99. The number of aliphatic hydroxyl groups excluding tert-OH is 1. The second kappa shape index (κ2) is 10.3. The van der Waals surface area contributed by atoms with Crippen LogP contribution >= 0.6 is 0 Å². The van der Waals surface area contributed by atoms with Gasteiger partial charge in [-0.05, 0) is 45.4 Å². The van der Waals surface area contributed by atoms with Crippen molar-refractivity contribution in [3.8, 4) is 0 Å². The summed E-state index contributed by atoms with van der Waals surface area (Å²) in [6.07, 6.45) is 4.76. The van der Waals surface area contributed by atoms with Gasteiger partial charge in [0, 0.05) is 34.2 Å². The predicted molar refractivity (Wildman–Crippen MR) is 59.0 cm³/mol. The SMILES string of the molecule is CC(C)O.CCOC1=CC(C)=C=CC1.[Ti]. The van der Waals surface area contributed by atoms with Gasteiger partial charge >= 0.3 is 0 Å². The minimum atomic E-state index is -0.167. The van der Waals surface area contributed by atoms with Crippen LogP contribution in [0.4, 0.5) is 0 Å². The Labute approximate surface area is 108 Å². The summed E-state index contributed by atoms with van der Waals surface area (Å²) in [6, 6.07) is 0. The maximum Gasteiger partial charge on any atom is 0.101 e. The molecule has 1 N–H and O–H groups in total. The van der Waals surface area contributed by atoms with Gasteiger partial charge in [-0.1, -0.05) is 0 Å². The summed E-state index contributed by atoms with van der Waals surface area (Å²) < 4.78 is 5.32. The summed E-state index contributed by atoms with van der Waals surface area (Å²) in [5.74, 6) is 1.05. The van der Waals surface area contributed by atoms with Gasteiger partial charge in [0.1, 0.15) is 5.76 Å². The number of allylic oxidation sites excluding steroid dienone is 2. The average molecular weight is 244 g/mol. The van der Waals surface area contributed by atoms with Crippen molar-refractivity contribution in [3.63, 3.8) is 0 Å². The summed E-state index contributed by atoms with van der Waals surface area (Å²) in [7, 11) is 0. The van der Waals surface area contributed by atoms with Crippen LogP contribution in [0.25, 0.3) is 0 Å². The topological polar surface area (TPSA) is 29.5 Å². The van der Waals surface area contributed by atoms with Crippen LogP contribution in [0, 0.1) is 0 Å². The van der Waals surface area contributed by atoms with Crippen LogP contribution in [0.5, 0.6) is 0 Å². The molecule has 0 atom stereocenters. The van der Waals surface area contributed by atoms with E-state index in [9.17, 15) is 0 Å². The Balaban J connectivity index is 0. The fourth-order valence-corrected chi connectivity index (χ4v) is 0.941. The van der Waals surface area contributed by atoms with Crippen LogP contribution in [0.15, 0.2) is 29.2 Å². The third kappa shape index (κ3) is 11.7. The summed E-state index contributed by atoms with van der Waals surface area (Å²) in [5.41, 5.74) is 4.25. The van der Waals surface area contributed by atoms with Crippen molar-refractivity contribution in [1.82, 2.24) is 0 Å². The molecule has 0 aromatic rings. The molecule has 0 amide bonds. The quantitative estimate of drug-likeness (QED) is 0.597. The number of ether oxygens (including phenoxy) is 1. The van der Waals surface area contributed by atoms with Crippen molar-refractivity contribution in [3.05, 3.63) is 29.2 Å². The Morgan fingerprint density at radius 2 is 2.07 bits per heavy atom. The fraction of sp³-hybridized carbons (Fsp3) is 0.583. The van der Waals surface area contributed by atoms with E-state index in [2.05, 4.69) is 5.73 Å². The van der Waals surface area contributed by atoms with Gasteiger partial charge in [-0.2, -0.15) is 0 Å². The number of hydrogen-bond donors (Lipinski definition) is 1. The first-order valence-corrected chi connectivity index (χ1v) is 4.99. The molecule has 0 unspecified atom stereocenters. The van der Waals surface area contributed by atoms with Gasteiger partial charge in [0.05, 0.1) is 6.61 Å². The standard InChI is InChI=1S/C9H12O.C3H8O.Ti/c1-3-10-9-6-4-5-8(2)7-9;1-3(2)4;/h4,7H,3,6H2,1-2H3;3-4H,1-2H3;. The maximum absolute atomic E-state index is 8.06. The molecule has 15 heavy (non-hydrogen) atoms. The van der Waals surface area contributed by atoms with E-state index >= 15 is 0 Å². The molecule has 0 aromatic carbocycles. The van der Waals surface area contributed by atoms with Gasteiger partial charge in [-0.15, -0.1) is 5.73 Å². The smallest absolute Gasteiger partial charge is 0.101 e. The van der Waals surface area contributed by atoms with Crippen LogP contribution in [-0.2, 0) is 26.5 Å². The van der Waals surface area contributed by atoms with E-state index < -0.39 is 0 Å². The Kier molecular flexibility index (Phi) is 11.7. The molecule has 0 heterocycles. The van der Waals surface area contributed by atoms with E-state index in [1.165, 1.54) is 0 Å². The van der Waals surface area contributed by atoms with E-state index in [0.29, 0.717) is 0 Å². The molecule has 84 valence electrons. The summed E-state index contributed by atoms with van der Waals surface area (Å²) in [5, 5.41) is 8.06. The summed E-state index contributed by atoms with van der Waals surface area (Å²) in [4.78, 5) is 0. The van der Waals surface area contributed by atoms with Crippen molar-refractivity contribution in [2.24, 2.45) is 0 Å². The monoisotopic (exact) mass is 244 g/mol. The van der Waals surface area contributed by atoms with Crippen LogP contribution in [0.1, 0.15) is 34.1 Å². The van der Waals surface area contributed by atoms with Crippen LogP contribution in [0.3, 0.4) is 0 Å². The zero-order chi connectivity index (χ0) is 11.0. The molecule has 1 aliphatic rings. The van der Waals surface area contributed by atoms with E-state index in [1.807, 2.05) is 26.0 Å². The maximum atomic E-state index is 8.06. The van der Waals surface area contributed by atoms with Gasteiger partial charge in [0.25, 0.3) is 0 Å². The second-order valence-electron chi connectivity index (χ2n) is 3.37. The molecule has 3 heteroatoms. The third-order valence-electron chi connectivity index (χ3n) is 1.34. The van der Waals surface area contributed by atoms with Crippen LogP contribution < -0.4 is 0 Å². The summed E-state index contributed by atoms with van der Waals surface area (Å²) in [6.45, 7) is 8.22. The van der Waals surface area contributed by atoms with E-state index in [0.717, 1.165) is 24.4 Å². The van der Waals surface area contributed by atoms with E-state index in [1.54, 1.807) is 13.8 Å². The average Bonchev–Trinajstić information content (AvgIpc) is 2.03. The van der Waals surface area contributed by atoms with Gasteiger partial charge in [0.15, 0.2) is 0 Å². The Morgan fingerprint density at radius 3 is 2.47 bits per heavy atom. The molecular weight excluding hydrogens is 224 g/mol. The zero-order valence-electron chi connectivity index (χ0n) is 10.0. The molecule has 0 aromatic heterocycles. The van der Waals surface area contributed by atoms with E-state index in [-0.39, 0.29) is 27.8 Å². The van der Waals surface area contributed by atoms with Crippen molar-refractivity contribution < 1.29 is 31.6 Å². The molecule has 0 saturated heterocycles. The molecule has 0 radical (unpaired) electrons. The van der Waals surface area contributed by atoms with Gasteiger partial charge < -0.3 is 9.84 Å². The minimum absolute atomic E-state index is 0. The van der Waals surface area contributed by atoms with Crippen LogP contribution in [0.2, 0.25) is 0 Å². The van der Waals surface area contributed by atoms with Gasteiger partial charge in [0.2, 0.25) is 0 Å². The van der Waals surface area contributed by atoms with Crippen molar-refractivity contribution >= 4 is 0 Å². The zero-order valence-corrected chi connectivity index (χ0v) is 11.6. The van der Waals surface area contributed by atoms with Crippen molar-refractivity contribution in [2.75, 3.05) is 6.61 Å². The first-order chi connectivity index (χ1) is 6.56. The molecule has 0 spiro atoms. The van der Waals surface area contributed by atoms with Crippen molar-refractivity contribution in [1.29, 1.82) is 0 Å². The second-order valence-corrected chi connectivity index (χ2v) is 3.37. The molecule has 2 nitrogen and oxygen atoms in total. The molecular formula is C12H20O2Ti. The molecule has 0 bridgehead atoms. The van der Waals surface area contributed by atoms with Gasteiger partial charge in [-0.3, -0.25) is 0 Å². The largest absolute Gasteiger partial charge is 0.498 e. The molecule has 0 fully saturated rings. The molecule has 1 rings (SSSR count). The third-order valence-corrected chi connectivity index (χ3v) is 1.34. The van der Waals surface area contributed by atoms with E-state index in [4.69, 9.17) is 9.84 Å². The minimum Gasteiger partial charge on any atom is -0.498 e. The van der Waals surface area contributed by atoms with Crippen LogP contribution in [-0.4, -0.2) is 17.8 Å². The Hall–Kier alpha value is -0.266.